The molecule has 0 fully saturated rings. The Morgan fingerprint density at radius 1 is 1.40 bits per heavy atom. The van der Waals surface area contributed by atoms with E-state index in [1.165, 1.54) is 6.20 Å². The second kappa shape index (κ2) is 4.51. The second-order valence-electron chi connectivity index (χ2n) is 4.10. The first-order valence-corrected chi connectivity index (χ1v) is 5.38. The number of nitro groups is 1. The zero-order valence-electron chi connectivity index (χ0n) is 10.2. The predicted molar refractivity (Wildman–Crippen MR) is 64.4 cm³/mol. The molecule has 6 nitrogen and oxygen atoms in total. The van der Waals surface area contributed by atoms with Gasteiger partial charge in [-0.1, -0.05) is 0 Å². The third kappa shape index (κ3) is 2.42. The Labute approximate surface area is 110 Å². The Hall–Kier alpha value is -2.58. The highest BCUT2D eigenvalue weighted by Gasteiger charge is 2.33. The largest absolute Gasteiger partial charge is 0.416 e. The minimum absolute atomic E-state index is 0.0807. The second-order valence-corrected chi connectivity index (χ2v) is 4.10. The molecule has 1 aromatic carbocycles. The van der Waals surface area contributed by atoms with Crippen molar-refractivity contribution in [2.45, 2.75) is 13.1 Å². The van der Waals surface area contributed by atoms with Crippen LogP contribution >= 0.6 is 0 Å². The molecule has 0 saturated carbocycles. The fourth-order valence-corrected chi connectivity index (χ4v) is 1.64. The van der Waals surface area contributed by atoms with Crippen LogP contribution in [0.25, 0.3) is 5.69 Å². The summed E-state index contributed by atoms with van der Waals surface area (Å²) in [4.78, 5) is 10.0. The van der Waals surface area contributed by atoms with Crippen LogP contribution in [0.1, 0.15) is 11.1 Å². The molecule has 9 heteroatoms. The normalized spacial score (nSPS) is 11.6. The van der Waals surface area contributed by atoms with Crippen molar-refractivity contribution in [1.29, 1.82) is 0 Å². The predicted octanol–water partition coefficient (Wildman–Crippen LogP) is 2.69. The molecule has 2 aromatic rings. The van der Waals surface area contributed by atoms with Gasteiger partial charge in [-0.2, -0.15) is 18.3 Å². The third-order valence-corrected chi connectivity index (χ3v) is 2.68. The molecule has 2 rings (SSSR count). The van der Waals surface area contributed by atoms with Crippen molar-refractivity contribution < 1.29 is 18.1 Å². The van der Waals surface area contributed by atoms with Gasteiger partial charge in [0.05, 0.1) is 10.5 Å². The minimum atomic E-state index is -4.65. The van der Waals surface area contributed by atoms with Gasteiger partial charge in [-0.15, -0.1) is 0 Å². The Morgan fingerprint density at radius 3 is 2.50 bits per heavy atom. The Morgan fingerprint density at radius 2 is 2.05 bits per heavy atom. The molecule has 0 bridgehead atoms. The van der Waals surface area contributed by atoms with Gasteiger partial charge in [0.1, 0.15) is 11.5 Å². The average Bonchev–Trinajstić information content (AvgIpc) is 2.67. The van der Waals surface area contributed by atoms with Gasteiger partial charge in [0.2, 0.25) is 0 Å². The van der Waals surface area contributed by atoms with Crippen molar-refractivity contribution >= 4 is 11.5 Å². The van der Waals surface area contributed by atoms with E-state index in [1.807, 2.05) is 0 Å². The van der Waals surface area contributed by atoms with Crippen molar-refractivity contribution in [3.05, 3.63) is 45.6 Å². The van der Waals surface area contributed by atoms with Gasteiger partial charge in [0.15, 0.2) is 0 Å². The number of aryl methyl sites for hydroxylation is 1. The van der Waals surface area contributed by atoms with Gasteiger partial charge in [-0.05, 0) is 19.1 Å². The molecule has 1 aromatic heterocycles. The molecular formula is C11H9F3N4O2. The number of nitrogens with zero attached hydrogens (tertiary/aromatic N) is 3. The lowest BCUT2D eigenvalue weighted by molar-refractivity contribution is -0.384. The van der Waals surface area contributed by atoms with E-state index in [0.717, 1.165) is 16.8 Å². The number of aromatic nitrogens is 2. The Bertz CT molecular complexity index is 659. The minimum Gasteiger partial charge on any atom is -0.382 e. The van der Waals surface area contributed by atoms with Crippen LogP contribution in [-0.4, -0.2) is 14.7 Å². The summed E-state index contributed by atoms with van der Waals surface area (Å²) < 4.78 is 38.8. The number of alkyl halides is 3. The van der Waals surface area contributed by atoms with Crippen LogP contribution in [-0.2, 0) is 6.18 Å². The molecule has 20 heavy (non-hydrogen) atoms. The highest BCUT2D eigenvalue weighted by molar-refractivity contribution is 5.55. The first-order chi connectivity index (χ1) is 9.20. The topological polar surface area (TPSA) is 87.0 Å². The first-order valence-electron chi connectivity index (χ1n) is 5.38. The van der Waals surface area contributed by atoms with Crippen molar-refractivity contribution in [3.8, 4) is 5.69 Å². The fourth-order valence-electron chi connectivity index (χ4n) is 1.64. The van der Waals surface area contributed by atoms with E-state index in [2.05, 4.69) is 5.10 Å². The number of halogens is 3. The summed E-state index contributed by atoms with van der Waals surface area (Å²) in [5.74, 6) is 0.152. The molecule has 0 aliphatic rings. The van der Waals surface area contributed by atoms with Gasteiger partial charge < -0.3 is 5.73 Å². The molecule has 0 atom stereocenters. The zero-order valence-corrected chi connectivity index (χ0v) is 10.2. The standard InChI is InChI=1S/C11H9F3N4O2/c1-6-5-17(16-10(6)15)8-3-2-7(11(12,13)14)4-9(8)18(19)20/h2-5H,1H3,(H2,15,16). The first kappa shape index (κ1) is 13.8. The molecule has 0 aliphatic carbocycles. The van der Waals surface area contributed by atoms with Crippen molar-refractivity contribution in [3.63, 3.8) is 0 Å². The van der Waals surface area contributed by atoms with Crippen LogP contribution in [0.4, 0.5) is 24.7 Å². The molecule has 2 N–H and O–H groups in total. The molecule has 0 saturated heterocycles. The van der Waals surface area contributed by atoms with Crippen LogP contribution < -0.4 is 5.73 Å². The lowest BCUT2D eigenvalue weighted by atomic mass is 10.1. The zero-order chi connectivity index (χ0) is 15.1. The SMILES string of the molecule is Cc1cn(-c2ccc(C(F)(F)F)cc2[N+](=O)[O-])nc1N. The number of nitro benzene ring substituents is 1. The summed E-state index contributed by atoms with van der Waals surface area (Å²) in [6.45, 7) is 1.63. The summed E-state index contributed by atoms with van der Waals surface area (Å²) in [5.41, 5.74) is 4.22. The number of benzene rings is 1. The molecule has 0 radical (unpaired) electrons. The number of anilines is 1. The number of hydrogen-bond acceptors (Lipinski definition) is 4. The number of nitrogens with two attached hydrogens (primary N) is 1. The van der Waals surface area contributed by atoms with E-state index in [-0.39, 0.29) is 11.5 Å². The maximum absolute atomic E-state index is 12.6. The summed E-state index contributed by atoms with van der Waals surface area (Å²) in [5, 5.41) is 14.8. The van der Waals surface area contributed by atoms with Gasteiger partial charge in [0, 0.05) is 17.8 Å². The summed E-state index contributed by atoms with van der Waals surface area (Å²) in [7, 11) is 0. The van der Waals surface area contributed by atoms with Crippen LogP contribution in [0, 0.1) is 17.0 Å². The van der Waals surface area contributed by atoms with Gasteiger partial charge in [-0.3, -0.25) is 10.1 Å². The van der Waals surface area contributed by atoms with Crippen LogP contribution in [0.2, 0.25) is 0 Å². The van der Waals surface area contributed by atoms with E-state index < -0.39 is 22.4 Å². The lowest BCUT2D eigenvalue weighted by Gasteiger charge is -2.08. The van der Waals surface area contributed by atoms with Gasteiger partial charge in [0.25, 0.3) is 5.69 Å². The maximum atomic E-state index is 12.6. The number of rotatable bonds is 2. The number of hydrogen-bond donors (Lipinski definition) is 1. The van der Waals surface area contributed by atoms with Gasteiger partial charge in [-0.25, -0.2) is 4.68 Å². The van der Waals surface area contributed by atoms with E-state index in [1.54, 1.807) is 6.92 Å². The van der Waals surface area contributed by atoms with Crippen LogP contribution in [0.3, 0.4) is 0 Å². The fraction of sp³-hybridized carbons (Fsp3) is 0.182. The van der Waals surface area contributed by atoms with Crippen molar-refractivity contribution in [2.24, 2.45) is 0 Å². The monoisotopic (exact) mass is 286 g/mol. The molecular weight excluding hydrogens is 277 g/mol. The van der Waals surface area contributed by atoms with E-state index in [0.29, 0.717) is 11.6 Å². The maximum Gasteiger partial charge on any atom is 0.416 e. The average molecular weight is 286 g/mol. The summed E-state index contributed by atoms with van der Waals surface area (Å²) >= 11 is 0. The highest BCUT2D eigenvalue weighted by Crippen LogP contribution is 2.34. The van der Waals surface area contributed by atoms with E-state index in [4.69, 9.17) is 5.73 Å². The Balaban J connectivity index is 2.62. The molecule has 0 amide bonds. The van der Waals surface area contributed by atoms with Crippen LogP contribution in [0.5, 0.6) is 0 Å². The summed E-state index contributed by atoms with van der Waals surface area (Å²) in [6.07, 6.45) is -3.24. The molecule has 0 spiro atoms. The number of nitrogen functional groups attached to an aromatic ring is 1. The van der Waals surface area contributed by atoms with Gasteiger partial charge >= 0.3 is 6.18 Å². The quantitative estimate of drug-likeness (QED) is 0.679. The molecule has 106 valence electrons. The van der Waals surface area contributed by atoms with Crippen molar-refractivity contribution in [1.82, 2.24) is 9.78 Å². The summed E-state index contributed by atoms with van der Waals surface area (Å²) in [6, 6.07) is 2.23. The van der Waals surface area contributed by atoms with Crippen molar-refractivity contribution in [2.75, 3.05) is 5.73 Å². The van der Waals surface area contributed by atoms with E-state index in [9.17, 15) is 23.3 Å². The molecule has 0 aliphatic heterocycles. The smallest absolute Gasteiger partial charge is 0.382 e. The third-order valence-electron chi connectivity index (χ3n) is 2.68. The molecule has 1 heterocycles. The highest BCUT2D eigenvalue weighted by atomic mass is 19.4. The van der Waals surface area contributed by atoms with E-state index >= 15 is 0 Å². The Kier molecular flexibility index (Phi) is 3.12. The molecule has 0 unspecified atom stereocenters. The van der Waals surface area contributed by atoms with Crippen LogP contribution in [0.15, 0.2) is 24.4 Å². The lowest BCUT2D eigenvalue weighted by Crippen LogP contribution is -2.08.